The average molecular weight is 617 g/mol. The molecule has 7 nitrogen and oxygen atoms in total. The lowest BCUT2D eigenvalue weighted by Crippen LogP contribution is -2.43. The zero-order valence-corrected chi connectivity index (χ0v) is 25.9. The van der Waals surface area contributed by atoms with Crippen LogP contribution in [0.15, 0.2) is 115 Å². The smallest absolute Gasteiger partial charge is 0.410 e. The van der Waals surface area contributed by atoms with Crippen molar-refractivity contribution in [2.75, 3.05) is 26.5 Å². The molecule has 1 N–H and O–H groups in total. The van der Waals surface area contributed by atoms with Crippen molar-refractivity contribution in [3.8, 4) is 5.75 Å². The first-order valence-electron chi connectivity index (χ1n) is 14.1. The number of amides is 1. The fourth-order valence-corrected chi connectivity index (χ4v) is 7.91. The van der Waals surface area contributed by atoms with Gasteiger partial charge >= 0.3 is 6.09 Å². The predicted molar refractivity (Wildman–Crippen MR) is 172 cm³/mol. The largest absolute Gasteiger partial charge is 0.497 e. The summed E-state index contributed by atoms with van der Waals surface area (Å²) in [7, 11) is -1.85. The Morgan fingerprint density at radius 2 is 1.37 bits per heavy atom. The molecule has 0 aromatic heterocycles. The number of methoxy groups -OCH3 is 1. The van der Waals surface area contributed by atoms with Gasteiger partial charge in [0.15, 0.2) is 0 Å². The third kappa shape index (κ3) is 7.41. The lowest BCUT2D eigenvalue weighted by molar-refractivity contribution is 0.0927. The number of rotatable bonds is 11. The molecule has 224 valence electrons. The molecule has 1 saturated heterocycles. The highest BCUT2D eigenvalue weighted by atomic mass is 32.2. The van der Waals surface area contributed by atoms with E-state index in [2.05, 4.69) is 41.1 Å². The van der Waals surface area contributed by atoms with E-state index in [1.807, 2.05) is 78.9 Å². The summed E-state index contributed by atoms with van der Waals surface area (Å²) in [5, 5.41) is -0.0134. The molecule has 4 aromatic carbocycles. The van der Waals surface area contributed by atoms with Crippen LogP contribution >= 0.6 is 11.8 Å². The van der Waals surface area contributed by atoms with Crippen LogP contribution < -0.4 is 9.46 Å². The van der Waals surface area contributed by atoms with Gasteiger partial charge < -0.3 is 14.4 Å². The number of ether oxygens (including phenoxy) is 2. The number of hydrogen-bond donors (Lipinski definition) is 1. The predicted octanol–water partition coefficient (Wildman–Crippen LogP) is 6.05. The third-order valence-electron chi connectivity index (χ3n) is 7.60. The summed E-state index contributed by atoms with van der Waals surface area (Å²) in [6, 6.07) is 38.2. The number of hydrogen-bond acceptors (Lipinski definition) is 6. The number of likely N-dealkylation sites (tertiary alicyclic amines) is 1. The summed E-state index contributed by atoms with van der Waals surface area (Å²) in [4.78, 5) is 15.2. The zero-order valence-electron chi connectivity index (χ0n) is 24.3. The van der Waals surface area contributed by atoms with E-state index >= 15 is 0 Å². The van der Waals surface area contributed by atoms with Crippen molar-refractivity contribution in [2.45, 2.75) is 29.1 Å². The lowest BCUT2D eigenvalue weighted by atomic mass is 9.84. The van der Waals surface area contributed by atoms with Gasteiger partial charge in [0, 0.05) is 24.4 Å². The van der Waals surface area contributed by atoms with Gasteiger partial charge in [-0.15, -0.1) is 11.8 Å². The first-order valence-corrected chi connectivity index (χ1v) is 16.9. The SMILES string of the molecule is COc1ccc(COC(=O)N2C[C@@H](SC(c3ccccc3)(c3ccccc3)c3ccccc3)C[C@H]2CNS(C)(=O)=O)cc1. The molecule has 1 aliphatic heterocycles. The molecule has 4 aromatic rings. The van der Waals surface area contributed by atoms with Crippen molar-refractivity contribution in [3.05, 3.63) is 138 Å². The van der Waals surface area contributed by atoms with Crippen LogP contribution in [0.2, 0.25) is 0 Å². The van der Waals surface area contributed by atoms with Crippen LogP contribution in [0.5, 0.6) is 5.75 Å². The van der Waals surface area contributed by atoms with Crippen molar-refractivity contribution in [2.24, 2.45) is 0 Å². The van der Waals surface area contributed by atoms with E-state index in [9.17, 15) is 13.2 Å². The Balaban J connectivity index is 1.46. The number of sulfonamides is 1. The lowest BCUT2D eigenvalue weighted by Gasteiger charge is -2.37. The Morgan fingerprint density at radius 1 is 0.860 bits per heavy atom. The van der Waals surface area contributed by atoms with Gasteiger partial charge in [0.2, 0.25) is 10.0 Å². The monoisotopic (exact) mass is 616 g/mol. The first-order chi connectivity index (χ1) is 20.8. The van der Waals surface area contributed by atoms with Crippen LogP contribution in [0.25, 0.3) is 0 Å². The van der Waals surface area contributed by atoms with Crippen LogP contribution in [0, 0.1) is 0 Å². The van der Waals surface area contributed by atoms with E-state index in [1.165, 1.54) is 0 Å². The fraction of sp³-hybridized carbons (Fsp3) is 0.265. The van der Waals surface area contributed by atoms with Gasteiger partial charge in [0.25, 0.3) is 0 Å². The molecule has 1 heterocycles. The molecule has 0 aliphatic carbocycles. The average Bonchev–Trinajstić information content (AvgIpc) is 3.45. The van der Waals surface area contributed by atoms with Crippen molar-refractivity contribution < 1.29 is 22.7 Å². The van der Waals surface area contributed by atoms with E-state index < -0.39 is 20.9 Å². The number of carbonyl (C=O) groups excluding carboxylic acids is 1. The van der Waals surface area contributed by atoms with Crippen LogP contribution in [-0.4, -0.2) is 57.2 Å². The number of nitrogens with one attached hydrogen (secondary N) is 1. The number of benzene rings is 4. The summed E-state index contributed by atoms with van der Waals surface area (Å²) in [6.07, 6.45) is 1.26. The van der Waals surface area contributed by atoms with Gasteiger partial charge in [0.1, 0.15) is 12.4 Å². The minimum atomic E-state index is -3.45. The molecule has 0 saturated carbocycles. The normalized spacial score (nSPS) is 17.0. The van der Waals surface area contributed by atoms with Crippen molar-refractivity contribution in [3.63, 3.8) is 0 Å². The molecule has 5 rings (SSSR count). The molecule has 2 atom stereocenters. The maximum atomic E-state index is 13.5. The molecular weight excluding hydrogens is 581 g/mol. The second-order valence-electron chi connectivity index (χ2n) is 10.6. The van der Waals surface area contributed by atoms with Crippen molar-refractivity contribution >= 4 is 27.9 Å². The summed E-state index contributed by atoms with van der Waals surface area (Å²) in [5.41, 5.74) is 4.22. The van der Waals surface area contributed by atoms with Crippen LogP contribution in [0.1, 0.15) is 28.7 Å². The minimum Gasteiger partial charge on any atom is -0.497 e. The Bertz CT molecular complexity index is 1490. The highest BCUT2D eigenvalue weighted by molar-refractivity contribution is 8.01. The number of nitrogens with zero attached hydrogens (tertiary/aromatic N) is 1. The van der Waals surface area contributed by atoms with Crippen LogP contribution in [-0.2, 0) is 26.1 Å². The Labute approximate surface area is 258 Å². The third-order valence-corrected chi connectivity index (χ3v) is 10.0. The van der Waals surface area contributed by atoms with Crippen LogP contribution in [0.4, 0.5) is 4.79 Å². The molecular formula is C34H36N2O5S2. The van der Waals surface area contributed by atoms with Gasteiger partial charge in [-0.1, -0.05) is 103 Å². The van der Waals surface area contributed by atoms with E-state index in [0.29, 0.717) is 13.0 Å². The van der Waals surface area contributed by atoms with Gasteiger partial charge in [-0.3, -0.25) is 0 Å². The van der Waals surface area contributed by atoms with E-state index in [-0.39, 0.29) is 24.4 Å². The minimum absolute atomic E-state index is 0.0134. The molecule has 43 heavy (non-hydrogen) atoms. The topological polar surface area (TPSA) is 84.9 Å². The standard InChI is InChI=1S/C34H36N2O5S2/c1-40-31-20-18-26(19-21-31)25-41-33(37)36-24-32(22-30(36)23-35-43(2,38)39)42-34(27-12-6-3-7-13-27,28-14-8-4-9-15-28)29-16-10-5-11-17-29/h3-21,30,32,35H,22-25H2,1-2H3/t30-,32-/m0/s1. The number of carbonyl (C=O) groups is 1. The van der Waals surface area contributed by atoms with Crippen molar-refractivity contribution in [1.82, 2.24) is 9.62 Å². The molecule has 1 fully saturated rings. The molecule has 0 radical (unpaired) electrons. The van der Waals surface area contributed by atoms with E-state index in [4.69, 9.17) is 9.47 Å². The maximum Gasteiger partial charge on any atom is 0.410 e. The molecule has 0 unspecified atom stereocenters. The summed E-state index contributed by atoms with van der Waals surface area (Å²) < 4.78 is 37.1. The van der Waals surface area contributed by atoms with Crippen LogP contribution in [0.3, 0.4) is 0 Å². The molecule has 1 aliphatic rings. The number of thioether (sulfide) groups is 1. The second-order valence-corrected chi connectivity index (χ2v) is 13.9. The van der Waals surface area contributed by atoms with E-state index in [1.54, 1.807) is 23.8 Å². The summed E-state index contributed by atoms with van der Waals surface area (Å²) in [6.45, 7) is 0.629. The molecule has 0 bridgehead atoms. The van der Waals surface area contributed by atoms with Gasteiger partial charge in [0.05, 0.1) is 18.1 Å². The Hall–Kier alpha value is -3.79. The Kier molecular flexibility index (Phi) is 9.75. The second kappa shape index (κ2) is 13.7. The van der Waals surface area contributed by atoms with Gasteiger partial charge in [-0.25, -0.2) is 17.9 Å². The quantitative estimate of drug-likeness (QED) is 0.207. The fourth-order valence-electron chi connectivity index (χ4n) is 5.55. The van der Waals surface area contributed by atoms with Crippen molar-refractivity contribution in [1.29, 1.82) is 0 Å². The Morgan fingerprint density at radius 3 is 1.84 bits per heavy atom. The molecule has 1 amide bonds. The molecule has 0 spiro atoms. The van der Waals surface area contributed by atoms with E-state index in [0.717, 1.165) is 34.3 Å². The highest BCUT2D eigenvalue weighted by Gasteiger charge is 2.44. The zero-order chi connectivity index (χ0) is 30.3. The first kappa shape index (κ1) is 30.7. The summed E-state index contributed by atoms with van der Waals surface area (Å²) >= 11 is 1.80. The maximum absolute atomic E-state index is 13.5. The van der Waals surface area contributed by atoms with Gasteiger partial charge in [-0.2, -0.15) is 0 Å². The summed E-state index contributed by atoms with van der Waals surface area (Å²) in [5.74, 6) is 0.722. The van der Waals surface area contributed by atoms with Gasteiger partial charge in [-0.05, 0) is 40.8 Å². The highest BCUT2D eigenvalue weighted by Crippen LogP contribution is 2.52. The molecule has 9 heteroatoms.